The lowest BCUT2D eigenvalue weighted by Gasteiger charge is -2.42. The van der Waals surface area contributed by atoms with Crippen LogP contribution in [0.25, 0.3) is 11.6 Å². The zero-order chi connectivity index (χ0) is 26.9. The fourth-order valence-electron chi connectivity index (χ4n) is 4.64. The van der Waals surface area contributed by atoms with Crippen molar-refractivity contribution >= 4 is 50.6 Å². The fraction of sp³-hybridized carbons (Fsp3) is 0.250. The maximum atomic E-state index is 14.5. The lowest BCUT2D eigenvalue weighted by Crippen LogP contribution is -2.49. The first-order valence-corrected chi connectivity index (χ1v) is 13.6. The molecule has 1 N–H and O–H groups in total. The summed E-state index contributed by atoms with van der Waals surface area (Å²) in [5, 5.41) is 9.51. The number of fused-ring (bicyclic) bond motifs is 1. The number of halogens is 2. The second kappa shape index (κ2) is 10.6. The van der Waals surface area contributed by atoms with E-state index in [0.29, 0.717) is 22.5 Å². The standard InChI is InChI=1S/C28H28ClFN2O4S/c1-18-6-4-7-22(14-18)37(35,36)32-17-21(11-13-27(33)34)31(3)25-12-10-20(16-26(25)32)15-19(2)28-23(29)8-5-9-24(28)30/h4-10,12,14-16,21H,11,13,17H2,1-3H3,(H,33,34)/b19-15+/t21-/m0/s1. The maximum Gasteiger partial charge on any atom is 0.303 e. The third-order valence-corrected chi connectivity index (χ3v) is 8.67. The van der Waals surface area contributed by atoms with Gasteiger partial charge in [0.2, 0.25) is 0 Å². The van der Waals surface area contributed by atoms with Gasteiger partial charge in [-0.1, -0.05) is 41.9 Å². The van der Waals surface area contributed by atoms with E-state index < -0.39 is 21.8 Å². The first-order chi connectivity index (χ1) is 17.5. The largest absolute Gasteiger partial charge is 0.481 e. The molecular weight excluding hydrogens is 515 g/mol. The molecule has 37 heavy (non-hydrogen) atoms. The first kappa shape index (κ1) is 26.7. The molecule has 0 aromatic heterocycles. The van der Waals surface area contributed by atoms with Gasteiger partial charge in [-0.25, -0.2) is 12.8 Å². The Hall–Kier alpha value is -3.36. The number of hydrogen-bond donors (Lipinski definition) is 1. The van der Waals surface area contributed by atoms with E-state index in [1.165, 1.54) is 16.4 Å². The Morgan fingerprint density at radius 2 is 1.86 bits per heavy atom. The average molecular weight is 543 g/mol. The van der Waals surface area contributed by atoms with Crippen LogP contribution in [0.1, 0.15) is 36.5 Å². The summed E-state index contributed by atoms with van der Waals surface area (Å²) in [4.78, 5) is 13.3. The van der Waals surface area contributed by atoms with Crippen LogP contribution < -0.4 is 9.21 Å². The van der Waals surface area contributed by atoms with E-state index in [9.17, 15) is 22.7 Å². The predicted molar refractivity (Wildman–Crippen MR) is 146 cm³/mol. The van der Waals surface area contributed by atoms with Crippen molar-refractivity contribution in [1.82, 2.24) is 0 Å². The van der Waals surface area contributed by atoms with Gasteiger partial charge in [0, 0.05) is 25.1 Å². The summed E-state index contributed by atoms with van der Waals surface area (Å²) in [6, 6.07) is 16.3. The molecule has 3 aromatic carbocycles. The Bertz CT molecular complexity index is 1470. The molecule has 0 spiro atoms. The number of carboxylic acid groups (broad SMARTS) is 1. The maximum absolute atomic E-state index is 14.5. The van der Waals surface area contributed by atoms with Gasteiger partial charge in [-0.2, -0.15) is 0 Å². The molecule has 0 saturated carbocycles. The molecule has 1 aliphatic heterocycles. The van der Waals surface area contributed by atoms with Gasteiger partial charge in [-0.3, -0.25) is 9.10 Å². The van der Waals surface area contributed by atoms with Crippen LogP contribution in [-0.2, 0) is 14.8 Å². The highest BCUT2D eigenvalue weighted by atomic mass is 35.5. The van der Waals surface area contributed by atoms with Gasteiger partial charge >= 0.3 is 5.97 Å². The Kier molecular flexibility index (Phi) is 7.62. The first-order valence-electron chi connectivity index (χ1n) is 11.8. The number of nitrogens with zero attached hydrogens (tertiary/aromatic N) is 2. The molecule has 0 amide bonds. The van der Waals surface area contributed by atoms with Crippen molar-refractivity contribution in [3.05, 3.63) is 88.2 Å². The van der Waals surface area contributed by atoms with E-state index in [4.69, 9.17) is 11.6 Å². The third kappa shape index (κ3) is 5.50. The average Bonchev–Trinajstić information content (AvgIpc) is 2.83. The normalized spacial score (nSPS) is 16.0. The molecule has 0 fully saturated rings. The number of carbonyl (C=O) groups is 1. The van der Waals surface area contributed by atoms with Crippen molar-refractivity contribution in [2.75, 3.05) is 22.8 Å². The summed E-state index contributed by atoms with van der Waals surface area (Å²) < 4.78 is 43.5. The second-order valence-corrected chi connectivity index (χ2v) is 11.5. The molecule has 3 aromatic rings. The number of aryl methyl sites for hydroxylation is 1. The number of allylic oxidation sites excluding steroid dienone is 1. The van der Waals surface area contributed by atoms with Crippen LogP contribution in [0.2, 0.25) is 5.02 Å². The summed E-state index contributed by atoms with van der Waals surface area (Å²) in [5.41, 5.74) is 3.51. The Morgan fingerprint density at radius 1 is 1.14 bits per heavy atom. The fourth-order valence-corrected chi connectivity index (χ4v) is 6.56. The van der Waals surface area contributed by atoms with Crippen LogP contribution in [0, 0.1) is 12.7 Å². The summed E-state index contributed by atoms with van der Waals surface area (Å²) in [5.74, 6) is -1.38. The highest BCUT2D eigenvalue weighted by Crippen LogP contribution is 2.40. The van der Waals surface area contributed by atoms with Crippen LogP contribution >= 0.6 is 11.6 Å². The monoisotopic (exact) mass is 542 g/mol. The molecule has 0 aliphatic carbocycles. The Morgan fingerprint density at radius 3 is 2.54 bits per heavy atom. The third-order valence-electron chi connectivity index (χ3n) is 6.58. The van der Waals surface area contributed by atoms with Crippen LogP contribution in [0.5, 0.6) is 0 Å². The van der Waals surface area contributed by atoms with Gasteiger partial charge in [0.15, 0.2) is 0 Å². The van der Waals surface area contributed by atoms with Crippen LogP contribution in [0.4, 0.5) is 15.8 Å². The zero-order valence-corrected chi connectivity index (χ0v) is 22.4. The topological polar surface area (TPSA) is 77.9 Å². The lowest BCUT2D eigenvalue weighted by molar-refractivity contribution is -0.137. The number of hydrogen-bond acceptors (Lipinski definition) is 4. The summed E-state index contributed by atoms with van der Waals surface area (Å²) in [7, 11) is -2.11. The van der Waals surface area contributed by atoms with Crippen molar-refractivity contribution < 1.29 is 22.7 Å². The van der Waals surface area contributed by atoms with Crippen molar-refractivity contribution in [2.45, 2.75) is 37.6 Å². The summed E-state index contributed by atoms with van der Waals surface area (Å²) in [6.07, 6.45) is 1.97. The van der Waals surface area contributed by atoms with Gasteiger partial charge < -0.3 is 10.0 Å². The molecule has 0 saturated heterocycles. The molecule has 4 rings (SSSR count). The number of likely N-dealkylation sites (N-methyl/N-ethyl adjacent to an activating group) is 1. The summed E-state index contributed by atoms with van der Waals surface area (Å²) >= 11 is 6.24. The quantitative estimate of drug-likeness (QED) is 0.358. The van der Waals surface area contributed by atoms with E-state index in [2.05, 4.69) is 0 Å². The molecule has 6 nitrogen and oxygen atoms in total. The predicted octanol–water partition coefficient (Wildman–Crippen LogP) is 6.23. The lowest BCUT2D eigenvalue weighted by atomic mass is 10.0. The Balaban J connectivity index is 1.82. The van der Waals surface area contributed by atoms with Gasteiger partial charge in [-0.05, 0) is 73.4 Å². The Labute approximate surface area is 221 Å². The van der Waals surface area contributed by atoms with Crippen molar-refractivity contribution in [3.8, 4) is 0 Å². The number of anilines is 2. The van der Waals surface area contributed by atoms with Crippen molar-refractivity contribution in [3.63, 3.8) is 0 Å². The SMILES string of the molecule is C/C(=C\c1ccc2c(c1)N(S(=O)(=O)c1cccc(C)c1)C[C@H](CCC(=O)O)N2C)c1c(F)cccc1Cl. The molecule has 1 atom stereocenters. The van der Waals surface area contributed by atoms with E-state index in [1.54, 1.807) is 43.3 Å². The minimum absolute atomic E-state index is 0.0773. The van der Waals surface area contributed by atoms with Crippen LogP contribution in [0.15, 0.2) is 65.6 Å². The highest BCUT2D eigenvalue weighted by molar-refractivity contribution is 7.92. The molecule has 1 heterocycles. The number of rotatable bonds is 7. The van der Waals surface area contributed by atoms with E-state index in [1.807, 2.05) is 37.1 Å². The van der Waals surface area contributed by atoms with Crippen LogP contribution in [-0.4, -0.2) is 39.1 Å². The molecule has 9 heteroatoms. The second-order valence-electron chi connectivity index (χ2n) is 9.22. The minimum Gasteiger partial charge on any atom is -0.481 e. The molecule has 0 unspecified atom stereocenters. The zero-order valence-electron chi connectivity index (χ0n) is 20.8. The van der Waals surface area contributed by atoms with Gasteiger partial charge in [0.05, 0.1) is 27.8 Å². The smallest absolute Gasteiger partial charge is 0.303 e. The number of carboxylic acids is 1. The van der Waals surface area contributed by atoms with Gasteiger partial charge in [0.1, 0.15) is 5.82 Å². The van der Waals surface area contributed by atoms with E-state index in [-0.39, 0.29) is 40.9 Å². The van der Waals surface area contributed by atoms with Crippen LogP contribution in [0.3, 0.4) is 0 Å². The number of aliphatic carboxylic acids is 1. The van der Waals surface area contributed by atoms with E-state index in [0.717, 1.165) is 5.56 Å². The molecular formula is C28H28ClFN2O4S. The number of sulfonamides is 1. The molecule has 194 valence electrons. The molecule has 1 aliphatic rings. The minimum atomic E-state index is -3.95. The van der Waals surface area contributed by atoms with Crippen molar-refractivity contribution in [2.24, 2.45) is 0 Å². The molecule has 0 radical (unpaired) electrons. The number of benzene rings is 3. The molecule has 0 bridgehead atoms. The highest BCUT2D eigenvalue weighted by Gasteiger charge is 2.36. The van der Waals surface area contributed by atoms with Gasteiger partial charge in [0.25, 0.3) is 10.0 Å². The van der Waals surface area contributed by atoms with E-state index >= 15 is 0 Å². The summed E-state index contributed by atoms with van der Waals surface area (Å²) in [6.45, 7) is 3.67. The van der Waals surface area contributed by atoms with Gasteiger partial charge in [-0.15, -0.1) is 0 Å². The van der Waals surface area contributed by atoms with Crippen molar-refractivity contribution in [1.29, 1.82) is 0 Å².